The van der Waals surface area contributed by atoms with Crippen molar-refractivity contribution in [2.75, 3.05) is 5.88 Å². The molecule has 0 saturated carbocycles. The number of epoxide rings is 1. The molecular weight excluding hydrogens is 260 g/mol. The zero-order chi connectivity index (χ0) is 13.3. The number of alkyl halides is 1. The molecule has 2 atom stereocenters. The Morgan fingerprint density at radius 3 is 2.21 bits per heavy atom. The molecule has 0 spiro atoms. The van der Waals surface area contributed by atoms with E-state index in [1.54, 1.807) is 12.1 Å². The largest absolute Gasteiger partial charge is 0.351 e. The van der Waals surface area contributed by atoms with Crippen molar-refractivity contribution in [1.82, 2.24) is 0 Å². The van der Waals surface area contributed by atoms with Gasteiger partial charge in [0, 0.05) is 5.56 Å². The van der Waals surface area contributed by atoms with Crippen molar-refractivity contribution in [2.45, 2.75) is 11.7 Å². The molecule has 2 aromatic rings. The van der Waals surface area contributed by atoms with Crippen molar-refractivity contribution >= 4 is 17.4 Å². The Bertz CT molecular complexity index is 582. The number of benzene rings is 2. The Morgan fingerprint density at radius 2 is 1.63 bits per heavy atom. The van der Waals surface area contributed by atoms with Gasteiger partial charge in [-0.15, -0.1) is 11.6 Å². The van der Waals surface area contributed by atoms with Crippen LogP contribution in [0, 0.1) is 0 Å². The van der Waals surface area contributed by atoms with E-state index < -0.39 is 11.7 Å². The van der Waals surface area contributed by atoms with E-state index in [-0.39, 0.29) is 11.7 Å². The maximum Gasteiger partial charge on any atom is 0.195 e. The summed E-state index contributed by atoms with van der Waals surface area (Å²) in [7, 11) is 0. The van der Waals surface area contributed by atoms with Crippen LogP contribution in [0.25, 0.3) is 0 Å². The molecule has 3 rings (SSSR count). The van der Waals surface area contributed by atoms with Crippen molar-refractivity contribution < 1.29 is 9.53 Å². The summed E-state index contributed by atoms with van der Waals surface area (Å²) < 4.78 is 5.67. The Balaban J connectivity index is 1.88. The monoisotopic (exact) mass is 272 g/mol. The number of carbonyl (C=O) groups excluding carboxylic acids is 1. The van der Waals surface area contributed by atoms with E-state index in [9.17, 15) is 4.79 Å². The molecule has 0 radical (unpaired) electrons. The maximum absolute atomic E-state index is 12.4. The van der Waals surface area contributed by atoms with Gasteiger partial charge in [0.2, 0.25) is 0 Å². The van der Waals surface area contributed by atoms with Crippen molar-refractivity contribution in [3.63, 3.8) is 0 Å². The highest BCUT2D eigenvalue weighted by molar-refractivity contribution is 6.19. The topological polar surface area (TPSA) is 29.6 Å². The lowest BCUT2D eigenvalue weighted by atomic mass is 9.93. The SMILES string of the molecule is O=C(c1ccccc1)[C@H]1O[C@@]1(CCl)c1ccccc1. The van der Waals surface area contributed by atoms with E-state index in [4.69, 9.17) is 16.3 Å². The van der Waals surface area contributed by atoms with Gasteiger partial charge in [-0.2, -0.15) is 0 Å². The minimum Gasteiger partial charge on any atom is -0.351 e. The predicted octanol–water partition coefficient (Wildman–Crippen LogP) is 3.40. The van der Waals surface area contributed by atoms with Gasteiger partial charge in [-0.05, 0) is 5.56 Å². The van der Waals surface area contributed by atoms with Crippen LogP contribution in [0.1, 0.15) is 15.9 Å². The van der Waals surface area contributed by atoms with Gasteiger partial charge in [0.15, 0.2) is 11.9 Å². The van der Waals surface area contributed by atoms with Crippen LogP contribution < -0.4 is 0 Å². The average molecular weight is 273 g/mol. The summed E-state index contributed by atoms with van der Waals surface area (Å²) in [4.78, 5) is 12.4. The second-order valence-corrected chi connectivity index (χ2v) is 4.88. The molecule has 1 aliphatic heterocycles. The molecule has 1 aliphatic rings. The van der Waals surface area contributed by atoms with E-state index in [1.807, 2.05) is 48.5 Å². The molecule has 0 amide bonds. The second-order valence-electron chi connectivity index (χ2n) is 4.62. The van der Waals surface area contributed by atoms with Crippen LogP contribution in [0.5, 0.6) is 0 Å². The van der Waals surface area contributed by atoms with Gasteiger partial charge in [-0.1, -0.05) is 60.7 Å². The first kappa shape index (κ1) is 12.4. The van der Waals surface area contributed by atoms with Crippen LogP contribution in [0.2, 0.25) is 0 Å². The van der Waals surface area contributed by atoms with Crippen LogP contribution in [0.15, 0.2) is 60.7 Å². The molecule has 0 aromatic heterocycles. The van der Waals surface area contributed by atoms with Crippen LogP contribution in [-0.4, -0.2) is 17.8 Å². The Kier molecular flexibility index (Phi) is 3.13. The molecule has 0 aliphatic carbocycles. The number of carbonyl (C=O) groups is 1. The van der Waals surface area contributed by atoms with E-state index in [2.05, 4.69) is 0 Å². The summed E-state index contributed by atoms with van der Waals surface area (Å²) in [5.74, 6) is 0.269. The third-order valence-corrected chi connectivity index (χ3v) is 3.85. The normalized spacial score (nSPS) is 25.0. The molecule has 0 N–H and O–H groups in total. The molecule has 96 valence electrons. The summed E-state index contributed by atoms with van der Waals surface area (Å²) >= 11 is 6.04. The highest BCUT2D eigenvalue weighted by Crippen LogP contribution is 2.48. The van der Waals surface area contributed by atoms with Crippen molar-refractivity contribution in [3.05, 3.63) is 71.8 Å². The summed E-state index contributed by atoms with van der Waals surface area (Å²) in [6.45, 7) is 0. The van der Waals surface area contributed by atoms with Gasteiger partial charge in [0.1, 0.15) is 5.60 Å². The highest BCUT2D eigenvalue weighted by Gasteiger charge is 2.61. The molecule has 0 bridgehead atoms. The third-order valence-electron chi connectivity index (χ3n) is 3.45. The molecule has 2 aromatic carbocycles. The lowest BCUT2D eigenvalue weighted by molar-refractivity contribution is 0.0953. The van der Waals surface area contributed by atoms with Crippen molar-refractivity contribution in [3.8, 4) is 0 Å². The smallest absolute Gasteiger partial charge is 0.195 e. The van der Waals surface area contributed by atoms with Crippen LogP contribution >= 0.6 is 11.6 Å². The third kappa shape index (κ3) is 2.07. The van der Waals surface area contributed by atoms with Gasteiger partial charge in [-0.3, -0.25) is 4.79 Å². The Morgan fingerprint density at radius 1 is 1.05 bits per heavy atom. The highest BCUT2D eigenvalue weighted by atomic mass is 35.5. The van der Waals surface area contributed by atoms with Gasteiger partial charge in [0.25, 0.3) is 0 Å². The zero-order valence-corrected chi connectivity index (χ0v) is 11.0. The minimum absolute atomic E-state index is 0.00916. The van der Waals surface area contributed by atoms with Gasteiger partial charge < -0.3 is 4.74 Å². The minimum atomic E-state index is -0.657. The molecule has 19 heavy (non-hydrogen) atoms. The number of halogens is 1. The quantitative estimate of drug-likeness (QED) is 0.485. The lowest BCUT2D eigenvalue weighted by Gasteiger charge is -2.09. The van der Waals surface area contributed by atoms with Crippen molar-refractivity contribution in [1.29, 1.82) is 0 Å². The summed E-state index contributed by atoms with van der Waals surface area (Å²) in [5, 5.41) is 0. The van der Waals surface area contributed by atoms with E-state index >= 15 is 0 Å². The first-order valence-corrected chi connectivity index (χ1v) is 6.70. The number of Topliss-reactive ketones (excluding diaryl/α,β-unsaturated/α-hetero) is 1. The number of ketones is 1. The van der Waals surface area contributed by atoms with Crippen molar-refractivity contribution in [2.24, 2.45) is 0 Å². The fourth-order valence-electron chi connectivity index (χ4n) is 2.31. The first-order chi connectivity index (χ1) is 9.28. The van der Waals surface area contributed by atoms with Crippen LogP contribution in [0.4, 0.5) is 0 Å². The molecule has 1 heterocycles. The molecular formula is C16H13ClO2. The molecule has 1 fully saturated rings. The van der Waals surface area contributed by atoms with Gasteiger partial charge in [0.05, 0.1) is 5.88 Å². The predicted molar refractivity (Wildman–Crippen MR) is 74.5 cm³/mol. The van der Waals surface area contributed by atoms with Gasteiger partial charge >= 0.3 is 0 Å². The van der Waals surface area contributed by atoms with E-state index in [0.717, 1.165) is 5.56 Å². The fraction of sp³-hybridized carbons (Fsp3) is 0.188. The average Bonchev–Trinajstić information content (AvgIpc) is 3.24. The van der Waals surface area contributed by atoms with Crippen LogP contribution in [-0.2, 0) is 10.3 Å². The molecule has 1 saturated heterocycles. The summed E-state index contributed by atoms with van der Waals surface area (Å²) in [6.07, 6.45) is -0.477. The fourth-order valence-corrected chi connectivity index (χ4v) is 2.67. The molecule has 2 nitrogen and oxygen atoms in total. The van der Waals surface area contributed by atoms with E-state index in [0.29, 0.717) is 5.56 Å². The van der Waals surface area contributed by atoms with Gasteiger partial charge in [-0.25, -0.2) is 0 Å². The Labute approximate surface area is 117 Å². The van der Waals surface area contributed by atoms with E-state index in [1.165, 1.54) is 0 Å². The summed E-state index contributed by atoms with van der Waals surface area (Å²) in [5.41, 5.74) is 0.963. The second kappa shape index (κ2) is 4.80. The number of ether oxygens (including phenoxy) is 1. The number of hydrogen-bond acceptors (Lipinski definition) is 2. The zero-order valence-electron chi connectivity index (χ0n) is 10.3. The molecule has 0 unspecified atom stereocenters. The number of rotatable bonds is 4. The number of hydrogen-bond donors (Lipinski definition) is 0. The first-order valence-electron chi connectivity index (χ1n) is 6.16. The molecule has 3 heteroatoms. The summed E-state index contributed by atoms with van der Waals surface area (Å²) in [6, 6.07) is 18.9. The Hall–Kier alpha value is -1.64. The lowest BCUT2D eigenvalue weighted by Crippen LogP contribution is -2.21. The van der Waals surface area contributed by atoms with Crippen LogP contribution in [0.3, 0.4) is 0 Å². The standard InChI is InChI=1S/C16H13ClO2/c17-11-16(13-9-5-2-6-10-13)15(19-16)14(18)12-7-3-1-4-8-12/h1-10,15H,11H2/t15-,16+/m1/s1. The maximum atomic E-state index is 12.4.